The molecule has 1 N–H and O–H groups in total. The van der Waals surface area contributed by atoms with E-state index < -0.39 is 28.3 Å². The van der Waals surface area contributed by atoms with Crippen LogP contribution in [-0.4, -0.2) is 33.3 Å². The Labute approximate surface area is 160 Å². The van der Waals surface area contributed by atoms with Gasteiger partial charge in [-0.15, -0.1) is 0 Å². The molecule has 2 aromatic carbocycles. The smallest absolute Gasteiger partial charge is 0.260 e. The van der Waals surface area contributed by atoms with Gasteiger partial charge >= 0.3 is 0 Å². The molecule has 0 unspecified atom stereocenters. The number of hydrazone groups is 1. The lowest BCUT2D eigenvalue weighted by molar-refractivity contribution is -0.119. The molecule has 0 heterocycles. The summed E-state index contributed by atoms with van der Waals surface area (Å²) in [6.45, 7) is -0.627. The Kier molecular flexibility index (Phi) is 6.57. The van der Waals surface area contributed by atoms with Crippen LogP contribution in [0.25, 0.3) is 0 Å². The van der Waals surface area contributed by atoms with Gasteiger partial charge in [0.05, 0.1) is 28.2 Å². The van der Waals surface area contributed by atoms with Crippen molar-refractivity contribution < 1.29 is 17.6 Å². The molecule has 0 aromatic heterocycles. The summed E-state index contributed by atoms with van der Waals surface area (Å²) in [6, 6.07) is 10.00. The van der Waals surface area contributed by atoms with Crippen LogP contribution in [-0.2, 0) is 14.8 Å². The Morgan fingerprint density at radius 1 is 1.23 bits per heavy atom. The lowest BCUT2D eigenvalue weighted by Gasteiger charge is -2.21. The molecule has 0 aliphatic rings. The van der Waals surface area contributed by atoms with Crippen LogP contribution in [0, 0.1) is 5.82 Å². The highest BCUT2D eigenvalue weighted by Gasteiger charge is 2.23. The number of anilines is 1. The first-order valence-corrected chi connectivity index (χ1v) is 9.78. The SMILES string of the molecule is CS(=O)(=O)N(CC(=O)N/N=C\c1ccc(Cl)c(Cl)c1)c1ccccc1F. The topological polar surface area (TPSA) is 78.8 Å². The lowest BCUT2D eigenvalue weighted by atomic mass is 10.2. The van der Waals surface area contributed by atoms with Crippen LogP contribution in [0.3, 0.4) is 0 Å². The molecule has 0 aliphatic carbocycles. The Morgan fingerprint density at radius 2 is 1.92 bits per heavy atom. The molecule has 26 heavy (non-hydrogen) atoms. The maximum atomic E-state index is 13.9. The standard InChI is InChI=1S/C16H14Cl2FN3O3S/c1-26(24,25)22(15-5-3-2-4-14(15)19)10-16(23)21-20-9-11-6-7-12(17)13(18)8-11/h2-9H,10H2,1H3,(H,21,23)/b20-9-. The number of hydrogen-bond acceptors (Lipinski definition) is 4. The molecular weight excluding hydrogens is 404 g/mol. The minimum absolute atomic E-state index is 0.224. The second-order valence-corrected chi connectivity index (χ2v) is 7.91. The average molecular weight is 418 g/mol. The molecule has 0 saturated heterocycles. The normalized spacial score (nSPS) is 11.5. The second-order valence-electron chi connectivity index (χ2n) is 5.19. The third-order valence-electron chi connectivity index (χ3n) is 3.16. The van der Waals surface area contributed by atoms with Crippen LogP contribution in [0.2, 0.25) is 10.0 Å². The van der Waals surface area contributed by atoms with E-state index in [1.807, 2.05) is 0 Å². The van der Waals surface area contributed by atoms with Crippen molar-refractivity contribution in [2.45, 2.75) is 0 Å². The van der Waals surface area contributed by atoms with Gasteiger partial charge in [0, 0.05) is 0 Å². The average Bonchev–Trinajstić information content (AvgIpc) is 2.56. The largest absolute Gasteiger partial charge is 0.271 e. The molecule has 2 rings (SSSR count). The van der Waals surface area contributed by atoms with Gasteiger partial charge in [0.15, 0.2) is 0 Å². The van der Waals surface area contributed by atoms with E-state index >= 15 is 0 Å². The van der Waals surface area contributed by atoms with E-state index in [0.717, 1.165) is 12.3 Å². The minimum atomic E-state index is -3.87. The quantitative estimate of drug-likeness (QED) is 0.579. The van der Waals surface area contributed by atoms with E-state index in [1.54, 1.807) is 18.2 Å². The van der Waals surface area contributed by atoms with Gasteiger partial charge in [-0.1, -0.05) is 41.4 Å². The summed E-state index contributed by atoms with van der Waals surface area (Å²) in [6.07, 6.45) is 2.19. The van der Waals surface area contributed by atoms with Crippen LogP contribution in [0.5, 0.6) is 0 Å². The Bertz CT molecular complexity index is 952. The summed E-state index contributed by atoms with van der Waals surface area (Å²) in [5, 5.41) is 4.42. The summed E-state index contributed by atoms with van der Waals surface area (Å²) in [5.74, 6) is -1.50. The van der Waals surface area contributed by atoms with Crippen molar-refractivity contribution in [3.05, 3.63) is 63.9 Å². The maximum absolute atomic E-state index is 13.9. The molecule has 138 valence electrons. The first kappa shape index (κ1) is 20.2. The van der Waals surface area contributed by atoms with Gasteiger partial charge in [-0.2, -0.15) is 5.10 Å². The van der Waals surface area contributed by atoms with Crippen LogP contribution >= 0.6 is 23.2 Å². The predicted octanol–water partition coefficient (Wildman–Crippen LogP) is 3.05. The molecule has 0 atom stereocenters. The van der Waals surface area contributed by atoms with Crippen molar-refractivity contribution in [2.75, 3.05) is 17.1 Å². The maximum Gasteiger partial charge on any atom is 0.260 e. The van der Waals surface area contributed by atoms with E-state index in [2.05, 4.69) is 10.5 Å². The van der Waals surface area contributed by atoms with Gasteiger partial charge in [-0.3, -0.25) is 9.10 Å². The van der Waals surface area contributed by atoms with Crippen LogP contribution in [0.15, 0.2) is 47.6 Å². The third-order valence-corrected chi connectivity index (χ3v) is 5.02. The molecule has 0 radical (unpaired) electrons. The molecule has 6 nitrogen and oxygen atoms in total. The van der Waals surface area contributed by atoms with Crippen LogP contribution in [0.4, 0.5) is 10.1 Å². The number of halogens is 3. The van der Waals surface area contributed by atoms with Crippen molar-refractivity contribution >= 4 is 51.0 Å². The number of benzene rings is 2. The molecule has 10 heteroatoms. The van der Waals surface area contributed by atoms with Gasteiger partial charge < -0.3 is 0 Å². The number of hydrogen-bond donors (Lipinski definition) is 1. The number of nitrogens with zero attached hydrogens (tertiary/aromatic N) is 2. The number of sulfonamides is 1. The van der Waals surface area contributed by atoms with Gasteiger partial charge in [0.25, 0.3) is 5.91 Å². The number of carbonyl (C=O) groups excluding carboxylic acids is 1. The molecule has 1 amide bonds. The van der Waals surface area contributed by atoms with E-state index in [9.17, 15) is 17.6 Å². The number of amides is 1. The Hall–Kier alpha value is -2.16. The van der Waals surface area contributed by atoms with Gasteiger partial charge in [-0.25, -0.2) is 18.2 Å². The van der Waals surface area contributed by atoms with E-state index in [-0.39, 0.29) is 5.69 Å². The Morgan fingerprint density at radius 3 is 2.54 bits per heavy atom. The zero-order chi connectivity index (χ0) is 19.3. The minimum Gasteiger partial charge on any atom is -0.271 e. The van der Waals surface area contributed by atoms with Crippen molar-refractivity contribution in [1.29, 1.82) is 0 Å². The summed E-state index contributed by atoms with van der Waals surface area (Å²) in [4.78, 5) is 12.0. The number of rotatable bonds is 6. The first-order chi connectivity index (χ1) is 12.2. The zero-order valence-corrected chi connectivity index (χ0v) is 15.8. The number of carbonyl (C=O) groups is 1. The fourth-order valence-corrected chi connectivity index (χ4v) is 3.14. The second kappa shape index (κ2) is 8.48. The monoisotopic (exact) mass is 417 g/mol. The number of para-hydroxylation sites is 1. The van der Waals surface area contributed by atoms with Crippen molar-refractivity contribution in [2.24, 2.45) is 5.10 Å². The summed E-state index contributed by atoms with van der Waals surface area (Å²) in [5.41, 5.74) is 2.54. The molecule has 0 fully saturated rings. The van der Waals surface area contributed by atoms with Crippen LogP contribution in [0.1, 0.15) is 5.56 Å². The first-order valence-electron chi connectivity index (χ1n) is 7.17. The fourth-order valence-electron chi connectivity index (χ4n) is 1.97. The molecular formula is C16H14Cl2FN3O3S. The zero-order valence-electron chi connectivity index (χ0n) is 13.5. The number of nitrogens with one attached hydrogen (secondary N) is 1. The van der Waals surface area contributed by atoms with E-state index in [1.165, 1.54) is 24.4 Å². The van der Waals surface area contributed by atoms with Crippen LogP contribution < -0.4 is 9.73 Å². The lowest BCUT2D eigenvalue weighted by Crippen LogP contribution is -2.39. The summed E-state index contributed by atoms with van der Waals surface area (Å²) < 4.78 is 38.3. The highest BCUT2D eigenvalue weighted by Crippen LogP contribution is 2.22. The van der Waals surface area contributed by atoms with Gasteiger partial charge in [-0.05, 0) is 29.8 Å². The predicted molar refractivity (Wildman–Crippen MR) is 101 cm³/mol. The molecule has 0 bridgehead atoms. The molecule has 2 aromatic rings. The molecule has 0 aliphatic heterocycles. The highest BCUT2D eigenvalue weighted by molar-refractivity contribution is 7.92. The van der Waals surface area contributed by atoms with E-state index in [4.69, 9.17) is 23.2 Å². The van der Waals surface area contributed by atoms with Crippen molar-refractivity contribution in [3.63, 3.8) is 0 Å². The molecule has 0 saturated carbocycles. The Balaban J connectivity index is 2.09. The highest BCUT2D eigenvalue weighted by atomic mass is 35.5. The van der Waals surface area contributed by atoms with Crippen molar-refractivity contribution in [3.8, 4) is 0 Å². The van der Waals surface area contributed by atoms with E-state index in [0.29, 0.717) is 19.9 Å². The fraction of sp³-hybridized carbons (Fsp3) is 0.125. The summed E-state index contributed by atoms with van der Waals surface area (Å²) in [7, 11) is -3.87. The third kappa shape index (κ3) is 5.42. The van der Waals surface area contributed by atoms with Crippen molar-refractivity contribution in [1.82, 2.24) is 5.43 Å². The van der Waals surface area contributed by atoms with Gasteiger partial charge in [0.2, 0.25) is 10.0 Å². The van der Waals surface area contributed by atoms with Gasteiger partial charge in [0.1, 0.15) is 12.4 Å². The summed E-state index contributed by atoms with van der Waals surface area (Å²) >= 11 is 11.7. The molecule has 0 spiro atoms.